The van der Waals surface area contributed by atoms with Gasteiger partial charge in [-0.3, -0.25) is 0 Å². The van der Waals surface area contributed by atoms with Crippen LogP contribution < -0.4 is 10.2 Å². The Kier molecular flexibility index (Phi) is 5.38. The third kappa shape index (κ3) is 4.16. The van der Waals surface area contributed by atoms with E-state index in [1.54, 1.807) is 13.2 Å². The van der Waals surface area contributed by atoms with Crippen LogP contribution >= 0.6 is 11.8 Å². The zero-order chi connectivity index (χ0) is 16.3. The van der Waals surface area contributed by atoms with Crippen LogP contribution in [0.15, 0.2) is 5.16 Å². The van der Waals surface area contributed by atoms with E-state index in [9.17, 15) is 13.2 Å². The number of anilines is 2. The monoisotopic (exact) mass is 336 g/mol. The van der Waals surface area contributed by atoms with Crippen LogP contribution in [0.5, 0.6) is 0 Å². The summed E-state index contributed by atoms with van der Waals surface area (Å²) in [6.45, 7) is 4.43. The van der Waals surface area contributed by atoms with Gasteiger partial charge in [-0.1, -0.05) is 11.8 Å². The molecule has 0 aliphatic carbocycles. The van der Waals surface area contributed by atoms with E-state index in [-0.39, 0.29) is 11.9 Å². The Morgan fingerprint density at radius 1 is 1.41 bits per heavy atom. The highest BCUT2D eigenvalue weighted by Crippen LogP contribution is 2.29. The lowest BCUT2D eigenvalue weighted by atomic mass is 10.2. The van der Waals surface area contributed by atoms with Crippen LogP contribution in [0.3, 0.4) is 0 Å². The molecular formula is C13H19F3N4OS. The Morgan fingerprint density at radius 2 is 2.14 bits per heavy atom. The van der Waals surface area contributed by atoms with Gasteiger partial charge in [0, 0.05) is 12.1 Å². The smallest absolute Gasteiger partial charge is 0.377 e. The van der Waals surface area contributed by atoms with Crippen molar-refractivity contribution in [1.82, 2.24) is 9.97 Å². The fraction of sp³-hybridized carbons (Fsp3) is 0.692. The first-order valence-corrected chi connectivity index (χ1v) is 8.12. The summed E-state index contributed by atoms with van der Waals surface area (Å²) in [4.78, 5) is 10.7. The second-order valence-electron chi connectivity index (χ2n) is 5.09. The van der Waals surface area contributed by atoms with E-state index >= 15 is 0 Å². The van der Waals surface area contributed by atoms with E-state index in [4.69, 9.17) is 4.74 Å². The number of morpholine rings is 1. The Balaban J connectivity index is 2.32. The second-order valence-corrected chi connectivity index (χ2v) is 5.87. The minimum absolute atomic E-state index is 0.118. The molecule has 5 nitrogen and oxygen atoms in total. The van der Waals surface area contributed by atoms with Crippen LogP contribution in [0.1, 0.15) is 12.5 Å². The molecule has 1 N–H and O–H groups in total. The molecule has 0 unspecified atom stereocenters. The van der Waals surface area contributed by atoms with Gasteiger partial charge < -0.3 is 15.0 Å². The second kappa shape index (κ2) is 6.91. The van der Waals surface area contributed by atoms with Crippen molar-refractivity contribution in [3.8, 4) is 0 Å². The average Bonchev–Trinajstić information content (AvgIpc) is 2.46. The van der Waals surface area contributed by atoms with Crippen LogP contribution in [0.4, 0.5) is 24.8 Å². The first-order valence-electron chi connectivity index (χ1n) is 6.89. The lowest BCUT2D eigenvalue weighted by molar-refractivity contribution is -0.115. The van der Waals surface area contributed by atoms with E-state index in [0.717, 1.165) is 0 Å². The normalized spacial score (nSPS) is 19.4. The zero-order valence-electron chi connectivity index (χ0n) is 12.7. The van der Waals surface area contributed by atoms with Gasteiger partial charge in [0.15, 0.2) is 5.16 Å². The number of rotatable bonds is 4. The quantitative estimate of drug-likeness (QED) is 0.674. The van der Waals surface area contributed by atoms with Crippen LogP contribution in [0.25, 0.3) is 0 Å². The Morgan fingerprint density at radius 3 is 2.73 bits per heavy atom. The number of hydrogen-bond donors (Lipinski definition) is 1. The molecule has 2 heterocycles. The van der Waals surface area contributed by atoms with Gasteiger partial charge in [0.2, 0.25) is 0 Å². The molecule has 1 atom stereocenters. The summed E-state index contributed by atoms with van der Waals surface area (Å²) in [7, 11) is 0. The maximum Gasteiger partial charge on any atom is 0.405 e. The van der Waals surface area contributed by atoms with Crippen molar-refractivity contribution in [3.63, 3.8) is 0 Å². The van der Waals surface area contributed by atoms with Crippen LogP contribution in [0.2, 0.25) is 0 Å². The molecule has 1 aromatic rings. The van der Waals surface area contributed by atoms with Crippen molar-refractivity contribution in [1.29, 1.82) is 0 Å². The maximum atomic E-state index is 12.4. The SMILES string of the molecule is CSc1nc(NCC(F)(F)F)c(C)c(N2CCOC[C@H]2C)n1. The Hall–Kier alpha value is -1.22. The topological polar surface area (TPSA) is 50.3 Å². The summed E-state index contributed by atoms with van der Waals surface area (Å²) in [6, 6.07) is 0.118. The van der Waals surface area contributed by atoms with Gasteiger partial charge in [0.1, 0.15) is 18.2 Å². The third-order valence-corrected chi connectivity index (χ3v) is 3.93. The number of aromatic nitrogens is 2. The molecule has 22 heavy (non-hydrogen) atoms. The zero-order valence-corrected chi connectivity index (χ0v) is 13.5. The minimum atomic E-state index is -4.29. The van der Waals surface area contributed by atoms with Crippen molar-refractivity contribution in [2.45, 2.75) is 31.2 Å². The number of alkyl halides is 3. The number of nitrogens with zero attached hydrogens (tertiary/aromatic N) is 3. The van der Waals surface area contributed by atoms with Gasteiger partial charge >= 0.3 is 6.18 Å². The average molecular weight is 336 g/mol. The maximum absolute atomic E-state index is 12.4. The highest BCUT2D eigenvalue weighted by molar-refractivity contribution is 7.98. The summed E-state index contributed by atoms with van der Waals surface area (Å²) >= 11 is 1.30. The molecule has 9 heteroatoms. The van der Waals surface area contributed by atoms with E-state index < -0.39 is 12.7 Å². The summed E-state index contributed by atoms with van der Waals surface area (Å²) in [5.41, 5.74) is 0.621. The van der Waals surface area contributed by atoms with Gasteiger partial charge in [-0.2, -0.15) is 13.2 Å². The molecule has 2 rings (SSSR count). The summed E-state index contributed by atoms with van der Waals surface area (Å²) < 4.78 is 42.7. The summed E-state index contributed by atoms with van der Waals surface area (Å²) in [6.07, 6.45) is -2.49. The van der Waals surface area contributed by atoms with Gasteiger partial charge in [-0.25, -0.2) is 9.97 Å². The molecule has 1 aromatic heterocycles. The van der Waals surface area contributed by atoms with E-state index in [1.165, 1.54) is 11.8 Å². The first kappa shape index (κ1) is 17.1. The predicted molar refractivity (Wildman–Crippen MR) is 80.7 cm³/mol. The van der Waals surface area contributed by atoms with Crippen molar-refractivity contribution in [2.75, 3.05) is 42.8 Å². The molecule has 0 amide bonds. The van der Waals surface area contributed by atoms with Gasteiger partial charge in [-0.05, 0) is 20.1 Å². The number of thioether (sulfide) groups is 1. The Labute approximate surface area is 131 Å². The molecule has 0 bridgehead atoms. The van der Waals surface area contributed by atoms with Crippen molar-refractivity contribution >= 4 is 23.4 Å². The Bertz CT molecular complexity index is 527. The minimum Gasteiger partial charge on any atom is -0.377 e. The highest BCUT2D eigenvalue weighted by atomic mass is 32.2. The fourth-order valence-electron chi connectivity index (χ4n) is 2.25. The lowest BCUT2D eigenvalue weighted by Gasteiger charge is -2.35. The molecule has 1 aliphatic heterocycles. The lowest BCUT2D eigenvalue weighted by Crippen LogP contribution is -2.44. The van der Waals surface area contributed by atoms with E-state index in [2.05, 4.69) is 20.2 Å². The van der Waals surface area contributed by atoms with E-state index in [0.29, 0.717) is 36.3 Å². The molecule has 124 valence electrons. The number of nitrogens with one attached hydrogen (secondary N) is 1. The fourth-order valence-corrected chi connectivity index (χ4v) is 2.61. The molecule has 0 spiro atoms. The highest BCUT2D eigenvalue weighted by Gasteiger charge is 2.29. The summed E-state index contributed by atoms with van der Waals surface area (Å²) in [5.74, 6) is 0.894. The molecule has 1 fully saturated rings. The molecule has 0 radical (unpaired) electrons. The van der Waals surface area contributed by atoms with Crippen LogP contribution in [-0.4, -0.2) is 54.7 Å². The van der Waals surface area contributed by atoms with E-state index in [1.807, 2.05) is 6.92 Å². The standard InChI is InChI=1S/C13H19F3N4OS/c1-8-6-21-5-4-20(8)11-9(2)10(17-7-13(14,15)16)18-12(19-11)22-3/h8H,4-7H2,1-3H3,(H,17,18,19)/t8-/m1/s1. The molecule has 1 saturated heterocycles. The molecule has 0 aromatic carbocycles. The predicted octanol–water partition coefficient (Wildman–Crippen LogP) is 2.71. The number of hydrogen-bond acceptors (Lipinski definition) is 6. The number of halogens is 3. The summed E-state index contributed by atoms with van der Waals surface area (Å²) in [5, 5.41) is 2.82. The molecular weight excluding hydrogens is 317 g/mol. The van der Waals surface area contributed by atoms with Gasteiger partial charge in [0.05, 0.1) is 19.3 Å². The van der Waals surface area contributed by atoms with Crippen molar-refractivity contribution in [3.05, 3.63) is 5.56 Å². The number of ether oxygens (including phenoxy) is 1. The van der Waals surface area contributed by atoms with Crippen molar-refractivity contribution in [2.24, 2.45) is 0 Å². The molecule has 1 aliphatic rings. The van der Waals surface area contributed by atoms with Crippen LogP contribution in [0, 0.1) is 6.92 Å². The first-order chi connectivity index (χ1) is 10.3. The van der Waals surface area contributed by atoms with Crippen molar-refractivity contribution < 1.29 is 17.9 Å². The van der Waals surface area contributed by atoms with Gasteiger partial charge in [-0.15, -0.1) is 0 Å². The molecule has 0 saturated carbocycles. The van der Waals surface area contributed by atoms with Crippen LogP contribution in [-0.2, 0) is 4.74 Å². The third-order valence-electron chi connectivity index (χ3n) is 3.38. The largest absolute Gasteiger partial charge is 0.405 e. The van der Waals surface area contributed by atoms with Gasteiger partial charge in [0.25, 0.3) is 0 Å².